The lowest BCUT2D eigenvalue weighted by molar-refractivity contribution is -0.134. The van der Waals surface area contributed by atoms with Crippen LogP contribution in [-0.4, -0.2) is 80.9 Å². The van der Waals surface area contributed by atoms with Crippen LogP contribution < -0.4 is 18.9 Å². The highest BCUT2D eigenvalue weighted by atomic mass is 16.5. The van der Waals surface area contributed by atoms with E-state index < -0.39 is 5.97 Å². The molecule has 1 N–H and O–H groups in total. The number of ether oxygens (including phenoxy) is 4. The number of rotatable bonds is 8. The number of carbonyl (C=O) groups excluding carboxylic acids is 1. The molecule has 4 atom stereocenters. The molecule has 0 bridgehead atoms. The van der Waals surface area contributed by atoms with E-state index >= 15 is 0 Å². The normalized spacial score (nSPS) is 23.8. The summed E-state index contributed by atoms with van der Waals surface area (Å²) >= 11 is 0. The number of piperidine rings is 1. The largest absolute Gasteiger partial charge is 0.493 e. The zero-order chi connectivity index (χ0) is 30.8. The molecule has 5 rings (SSSR count). The summed E-state index contributed by atoms with van der Waals surface area (Å²) in [6, 6.07) is 8.41. The standard InChI is InChI=1S/C34H44N2O7/c1-7-21-19-35-10-8-23-15-30(41-4)32(43-6)18-26(23)27(35)17-25(21)28-13-24-16-31(42-5)29(40-3)14-22(24)9-11-36(28)33(37)12-20(2)34(38)39/h12,14-16,18,21,25,27-28H,7-11,13,17,19H2,1-6H3,(H,38,39)/b20-12+. The highest BCUT2D eigenvalue weighted by molar-refractivity contribution is 5.97. The minimum Gasteiger partial charge on any atom is -0.493 e. The number of carboxylic acids is 1. The van der Waals surface area contributed by atoms with Crippen molar-refractivity contribution in [2.24, 2.45) is 11.8 Å². The molecule has 4 unspecified atom stereocenters. The van der Waals surface area contributed by atoms with Crippen molar-refractivity contribution in [3.63, 3.8) is 0 Å². The number of carbonyl (C=O) groups is 2. The van der Waals surface area contributed by atoms with E-state index in [0.717, 1.165) is 55.0 Å². The quantitative estimate of drug-likeness (QED) is 0.441. The molecule has 1 saturated heterocycles. The van der Waals surface area contributed by atoms with Gasteiger partial charge in [-0.05, 0) is 91.0 Å². The summed E-state index contributed by atoms with van der Waals surface area (Å²) in [5, 5.41) is 9.55. The van der Waals surface area contributed by atoms with Crippen molar-refractivity contribution in [2.45, 2.75) is 58.0 Å². The van der Waals surface area contributed by atoms with Gasteiger partial charge in [-0.2, -0.15) is 0 Å². The fourth-order valence-electron chi connectivity index (χ4n) is 7.48. The Labute approximate surface area is 254 Å². The molecule has 3 aliphatic heterocycles. The van der Waals surface area contributed by atoms with Gasteiger partial charge in [-0.3, -0.25) is 9.69 Å². The van der Waals surface area contributed by atoms with Gasteiger partial charge in [-0.25, -0.2) is 4.79 Å². The van der Waals surface area contributed by atoms with Crippen LogP contribution in [-0.2, 0) is 28.9 Å². The van der Waals surface area contributed by atoms with Gasteiger partial charge >= 0.3 is 5.97 Å². The Bertz CT molecular complexity index is 1400. The molecule has 43 heavy (non-hydrogen) atoms. The Morgan fingerprint density at radius 3 is 2.07 bits per heavy atom. The summed E-state index contributed by atoms with van der Waals surface area (Å²) < 4.78 is 22.6. The van der Waals surface area contributed by atoms with E-state index in [1.165, 1.54) is 24.1 Å². The third kappa shape index (κ3) is 5.92. The molecule has 0 aliphatic carbocycles. The smallest absolute Gasteiger partial charge is 0.331 e. The number of amides is 1. The lowest BCUT2D eigenvalue weighted by atomic mass is 9.71. The number of benzene rings is 2. The van der Waals surface area contributed by atoms with Crippen molar-refractivity contribution >= 4 is 11.9 Å². The topological polar surface area (TPSA) is 97.8 Å². The van der Waals surface area contributed by atoms with Crippen LogP contribution in [0.25, 0.3) is 0 Å². The summed E-state index contributed by atoms with van der Waals surface area (Å²) in [6.45, 7) is 6.14. The molecule has 9 heteroatoms. The first-order valence-corrected chi connectivity index (χ1v) is 15.2. The molecule has 3 heterocycles. The summed E-state index contributed by atoms with van der Waals surface area (Å²) in [5.74, 6) is 2.07. The summed E-state index contributed by atoms with van der Waals surface area (Å²) in [6.07, 6.45) is 5.43. The Morgan fingerprint density at radius 1 is 0.884 bits per heavy atom. The summed E-state index contributed by atoms with van der Waals surface area (Å²) in [4.78, 5) is 30.0. The monoisotopic (exact) mass is 592 g/mol. The van der Waals surface area contributed by atoms with Gasteiger partial charge in [0.1, 0.15) is 0 Å². The van der Waals surface area contributed by atoms with Gasteiger partial charge in [0.2, 0.25) is 5.91 Å². The second-order valence-corrected chi connectivity index (χ2v) is 11.9. The molecule has 1 fully saturated rings. The van der Waals surface area contributed by atoms with Gasteiger partial charge in [0, 0.05) is 43.4 Å². The Morgan fingerprint density at radius 2 is 1.47 bits per heavy atom. The van der Waals surface area contributed by atoms with E-state index in [1.807, 2.05) is 11.0 Å². The zero-order valence-corrected chi connectivity index (χ0v) is 26.1. The van der Waals surface area contributed by atoms with Gasteiger partial charge in [-0.15, -0.1) is 0 Å². The van der Waals surface area contributed by atoms with Crippen LogP contribution in [0.1, 0.15) is 55.0 Å². The second-order valence-electron chi connectivity index (χ2n) is 11.9. The summed E-state index contributed by atoms with van der Waals surface area (Å²) in [5.41, 5.74) is 4.86. The first kappa shape index (κ1) is 30.7. The molecule has 232 valence electrons. The summed E-state index contributed by atoms with van der Waals surface area (Å²) in [7, 11) is 6.61. The predicted molar refractivity (Wildman–Crippen MR) is 163 cm³/mol. The van der Waals surface area contributed by atoms with Gasteiger partial charge in [0.15, 0.2) is 23.0 Å². The van der Waals surface area contributed by atoms with Gasteiger partial charge < -0.3 is 29.0 Å². The maximum atomic E-state index is 13.8. The van der Waals surface area contributed by atoms with Crippen LogP contribution in [0.4, 0.5) is 0 Å². The van der Waals surface area contributed by atoms with Crippen LogP contribution in [0, 0.1) is 11.8 Å². The van der Waals surface area contributed by atoms with E-state index in [1.54, 1.807) is 28.4 Å². The molecule has 0 aromatic heterocycles. The van der Waals surface area contributed by atoms with E-state index in [2.05, 4.69) is 30.0 Å². The molecule has 2 aromatic carbocycles. The fourth-order valence-corrected chi connectivity index (χ4v) is 7.48. The number of carboxylic acid groups (broad SMARTS) is 1. The van der Waals surface area contributed by atoms with Crippen molar-refractivity contribution in [1.29, 1.82) is 0 Å². The molecule has 1 amide bonds. The maximum absolute atomic E-state index is 13.8. The molecule has 0 saturated carbocycles. The Kier molecular flexibility index (Phi) is 9.20. The van der Waals surface area contributed by atoms with Gasteiger partial charge in [0.25, 0.3) is 0 Å². The van der Waals surface area contributed by atoms with Crippen LogP contribution in [0.5, 0.6) is 23.0 Å². The Balaban J connectivity index is 1.58. The van der Waals surface area contributed by atoms with Crippen molar-refractivity contribution in [1.82, 2.24) is 9.80 Å². The van der Waals surface area contributed by atoms with E-state index in [0.29, 0.717) is 36.8 Å². The molecule has 3 aliphatic rings. The Hall–Kier alpha value is -3.72. The number of methoxy groups -OCH3 is 4. The SMILES string of the molecule is CCC1CN2CCc3cc(OC)c(OC)cc3C2CC1C1Cc2cc(OC)c(OC)cc2CCN1C(=O)/C=C(\C)C(=O)O. The number of hydrogen-bond acceptors (Lipinski definition) is 7. The molecule has 0 spiro atoms. The van der Waals surface area contributed by atoms with Crippen molar-refractivity contribution < 1.29 is 33.6 Å². The molecule has 9 nitrogen and oxygen atoms in total. The van der Waals surface area contributed by atoms with E-state index in [4.69, 9.17) is 18.9 Å². The number of fused-ring (bicyclic) bond motifs is 4. The fraction of sp³-hybridized carbons (Fsp3) is 0.529. The maximum Gasteiger partial charge on any atom is 0.331 e. The van der Waals surface area contributed by atoms with Gasteiger partial charge in [0.05, 0.1) is 28.4 Å². The van der Waals surface area contributed by atoms with Crippen molar-refractivity contribution in [2.75, 3.05) is 48.1 Å². The minimum absolute atomic E-state index is 0.0398. The van der Waals surface area contributed by atoms with Crippen molar-refractivity contribution in [3.8, 4) is 23.0 Å². The highest BCUT2D eigenvalue weighted by Gasteiger charge is 2.44. The number of nitrogens with zero attached hydrogens (tertiary/aromatic N) is 2. The number of hydrogen-bond donors (Lipinski definition) is 1. The second kappa shape index (κ2) is 12.9. The van der Waals surface area contributed by atoms with Crippen molar-refractivity contribution in [3.05, 3.63) is 58.2 Å². The predicted octanol–water partition coefficient (Wildman–Crippen LogP) is 4.69. The highest BCUT2D eigenvalue weighted by Crippen LogP contribution is 2.47. The van der Waals surface area contributed by atoms with Crippen LogP contribution in [0.15, 0.2) is 35.9 Å². The first-order chi connectivity index (χ1) is 20.7. The van der Waals surface area contributed by atoms with E-state index in [-0.39, 0.29) is 29.5 Å². The molecule has 0 radical (unpaired) electrons. The van der Waals surface area contributed by atoms with Crippen LogP contribution >= 0.6 is 0 Å². The molecular weight excluding hydrogens is 548 g/mol. The average Bonchev–Trinajstić information content (AvgIpc) is 3.21. The van der Waals surface area contributed by atoms with E-state index in [9.17, 15) is 14.7 Å². The van der Waals surface area contributed by atoms with Crippen LogP contribution in [0.2, 0.25) is 0 Å². The van der Waals surface area contributed by atoms with Crippen LogP contribution in [0.3, 0.4) is 0 Å². The third-order valence-electron chi connectivity index (χ3n) is 9.82. The van der Waals surface area contributed by atoms with Gasteiger partial charge in [-0.1, -0.05) is 13.3 Å². The number of aliphatic carboxylic acids is 1. The minimum atomic E-state index is -1.08. The lowest BCUT2D eigenvalue weighted by Crippen LogP contribution is -2.54. The first-order valence-electron chi connectivity index (χ1n) is 15.2. The zero-order valence-electron chi connectivity index (χ0n) is 26.1. The molecular formula is C34H44N2O7. The average molecular weight is 593 g/mol. The third-order valence-corrected chi connectivity index (χ3v) is 9.82. The lowest BCUT2D eigenvalue weighted by Gasteiger charge is -2.50. The molecule has 2 aromatic rings.